The van der Waals surface area contributed by atoms with Gasteiger partial charge in [0.15, 0.2) is 23.3 Å². The van der Waals surface area contributed by atoms with Gasteiger partial charge in [0.2, 0.25) is 0 Å². The maximum absolute atomic E-state index is 13.7. The molecular formula is C14H14ClF2N3. The molecule has 0 fully saturated rings. The van der Waals surface area contributed by atoms with Crippen molar-refractivity contribution in [3.63, 3.8) is 0 Å². The van der Waals surface area contributed by atoms with Gasteiger partial charge in [-0.05, 0) is 18.6 Å². The van der Waals surface area contributed by atoms with Crippen LogP contribution in [0.25, 0.3) is 0 Å². The largest absolute Gasteiger partial charge is 0.368 e. The van der Waals surface area contributed by atoms with E-state index in [0.29, 0.717) is 17.3 Å². The lowest BCUT2D eigenvalue weighted by molar-refractivity contribution is 0.579. The van der Waals surface area contributed by atoms with E-state index in [2.05, 4.69) is 15.6 Å². The lowest BCUT2D eigenvalue weighted by atomic mass is 10.3. The zero-order valence-corrected chi connectivity index (χ0v) is 11.6. The van der Waals surface area contributed by atoms with E-state index in [1.165, 1.54) is 0 Å². The van der Waals surface area contributed by atoms with Gasteiger partial charge < -0.3 is 10.6 Å². The molecule has 2 N–H and O–H groups in total. The van der Waals surface area contributed by atoms with Gasteiger partial charge >= 0.3 is 0 Å². The molecule has 1 aromatic heterocycles. The van der Waals surface area contributed by atoms with Crippen molar-refractivity contribution < 1.29 is 8.78 Å². The Hall–Kier alpha value is -1.88. The SMILES string of the molecule is CCCNc1nc(Nc2ccccc2Cl)c(F)cc1F. The molecule has 0 aliphatic heterocycles. The molecule has 0 unspecified atom stereocenters. The molecule has 6 heteroatoms. The third-order valence-electron chi connectivity index (χ3n) is 2.60. The lowest BCUT2D eigenvalue weighted by Crippen LogP contribution is -2.07. The van der Waals surface area contributed by atoms with Crippen molar-refractivity contribution >= 4 is 28.9 Å². The Morgan fingerprint density at radius 1 is 1.15 bits per heavy atom. The maximum atomic E-state index is 13.7. The monoisotopic (exact) mass is 297 g/mol. The van der Waals surface area contributed by atoms with Crippen LogP contribution in [0.2, 0.25) is 5.02 Å². The Morgan fingerprint density at radius 3 is 2.55 bits per heavy atom. The van der Waals surface area contributed by atoms with Crippen LogP contribution in [0.5, 0.6) is 0 Å². The molecule has 0 aliphatic carbocycles. The maximum Gasteiger partial charge on any atom is 0.169 e. The van der Waals surface area contributed by atoms with Crippen LogP contribution < -0.4 is 10.6 Å². The van der Waals surface area contributed by atoms with Gasteiger partial charge in [0.05, 0.1) is 10.7 Å². The van der Waals surface area contributed by atoms with Gasteiger partial charge in [0, 0.05) is 12.6 Å². The van der Waals surface area contributed by atoms with Gasteiger partial charge in [0.1, 0.15) is 0 Å². The van der Waals surface area contributed by atoms with Gasteiger partial charge in [-0.2, -0.15) is 0 Å². The van der Waals surface area contributed by atoms with E-state index in [0.717, 1.165) is 12.5 Å². The molecule has 0 spiro atoms. The first-order valence-electron chi connectivity index (χ1n) is 6.23. The van der Waals surface area contributed by atoms with Crippen LogP contribution >= 0.6 is 11.6 Å². The van der Waals surface area contributed by atoms with Crippen LogP contribution in [0.4, 0.5) is 26.1 Å². The molecule has 1 aromatic carbocycles. The third-order valence-corrected chi connectivity index (χ3v) is 2.93. The fourth-order valence-electron chi connectivity index (χ4n) is 1.61. The Kier molecular flexibility index (Phi) is 4.74. The van der Waals surface area contributed by atoms with Crippen LogP contribution in [-0.2, 0) is 0 Å². The Bertz CT molecular complexity index is 605. The fraction of sp³-hybridized carbons (Fsp3) is 0.214. The van der Waals surface area contributed by atoms with Crippen LogP contribution in [0.15, 0.2) is 30.3 Å². The second-order valence-corrected chi connectivity index (χ2v) is 4.59. The van der Waals surface area contributed by atoms with Crippen molar-refractivity contribution in [2.24, 2.45) is 0 Å². The molecular weight excluding hydrogens is 284 g/mol. The highest BCUT2D eigenvalue weighted by Gasteiger charge is 2.12. The number of hydrogen-bond donors (Lipinski definition) is 2. The summed E-state index contributed by atoms with van der Waals surface area (Å²) >= 11 is 5.98. The number of pyridine rings is 1. The summed E-state index contributed by atoms with van der Waals surface area (Å²) < 4.78 is 27.3. The molecule has 1 heterocycles. The minimum atomic E-state index is -0.774. The first-order chi connectivity index (χ1) is 9.61. The highest BCUT2D eigenvalue weighted by atomic mass is 35.5. The smallest absolute Gasteiger partial charge is 0.169 e. The molecule has 3 nitrogen and oxygen atoms in total. The van der Waals surface area contributed by atoms with Gasteiger partial charge in [-0.15, -0.1) is 0 Å². The van der Waals surface area contributed by atoms with E-state index in [1.807, 2.05) is 6.92 Å². The summed E-state index contributed by atoms with van der Waals surface area (Å²) in [6.45, 7) is 2.50. The molecule has 2 aromatic rings. The standard InChI is InChI=1S/C14H14ClF2N3/c1-2-7-18-13-10(16)8-11(17)14(20-13)19-12-6-4-3-5-9(12)15/h3-6,8H,2,7H2,1H3,(H2,18,19,20). The topological polar surface area (TPSA) is 37.0 Å². The van der Waals surface area contributed by atoms with Gasteiger partial charge in [0.25, 0.3) is 0 Å². The summed E-state index contributed by atoms with van der Waals surface area (Å²) in [5.74, 6) is -1.55. The molecule has 0 aliphatic rings. The minimum Gasteiger partial charge on any atom is -0.368 e. The predicted molar refractivity (Wildman–Crippen MR) is 77.7 cm³/mol. The molecule has 0 bridgehead atoms. The highest BCUT2D eigenvalue weighted by molar-refractivity contribution is 6.33. The van der Waals surface area contributed by atoms with Crippen molar-refractivity contribution in [1.82, 2.24) is 4.98 Å². The Labute approximate surface area is 121 Å². The highest BCUT2D eigenvalue weighted by Crippen LogP contribution is 2.27. The van der Waals surface area contributed by atoms with E-state index in [-0.39, 0.29) is 11.6 Å². The molecule has 106 valence electrons. The van der Waals surface area contributed by atoms with E-state index in [9.17, 15) is 8.78 Å². The zero-order chi connectivity index (χ0) is 14.5. The molecule has 0 saturated heterocycles. The van der Waals surface area contributed by atoms with Gasteiger partial charge in [-0.3, -0.25) is 0 Å². The Morgan fingerprint density at radius 2 is 1.85 bits per heavy atom. The van der Waals surface area contributed by atoms with Crippen LogP contribution in [0.3, 0.4) is 0 Å². The predicted octanol–water partition coefficient (Wildman–Crippen LogP) is 4.58. The summed E-state index contributed by atoms with van der Waals surface area (Å²) in [7, 11) is 0. The summed E-state index contributed by atoms with van der Waals surface area (Å²) in [6, 6.07) is 7.67. The number of benzene rings is 1. The van der Waals surface area contributed by atoms with E-state index in [1.54, 1.807) is 24.3 Å². The van der Waals surface area contributed by atoms with E-state index < -0.39 is 11.6 Å². The summed E-state index contributed by atoms with van der Waals surface area (Å²) in [5, 5.41) is 6.00. The quantitative estimate of drug-likeness (QED) is 0.848. The number of nitrogens with zero attached hydrogens (tertiary/aromatic N) is 1. The second-order valence-electron chi connectivity index (χ2n) is 4.18. The summed E-state index contributed by atoms with van der Waals surface area (Å²) in [5.41, 5.74) is 0.508. The summed E-state index contributed by atoms with van der Waals surface area (Å²) in [6.07, 6.45) is 0.811. The van der Waals surface area contributed by atoms with Crippen molar-refractivity contribution in [2.45, 2.75) is 13.3 Å². The number of aromatic nitrogens is 1. The molecule has 0 radical (unpaired) electrons. The van der Waals surface area contributed by atoms with Crippen molar-refractivity contribution in [2.75, 3.05) is 17.2 Å². The number of nitrogens with one attached hydrogen (secondary N) is 2. The average Bonchev–Trinajstić information content (AvgIpc) is 2.43. The van der Waals surface area contributed by atoms with Crippen LogP contribution in [0, 0.1) is 11.6 Å². The van der Waals surface area contributed by atoms with Gasteiger partial charge in [-0.25, -0.2) is 13.8 Å². The zero-order valence-electron chi connectivity index (χ0n) is 10.9. The molecule has 0 saturated carbocycles. The number of anilines is 3. The van der Waals surface area contributed by atoms with Crippen molar-refractivity contribution in [1.29, 1.82) is 0 Å². The average molecular weight is 298 g/mol. The number of halogens is 3. The van der Waals surface area contributed by atoms with Crippen molar-refractivity contribution in [3.8, 4) is 0 Å². The second kappa shape index (κ2) is 6.52. The minimum absolute atomic E-state index is 0.0165. The Balaban J connectivity index is 2.29. The molecule has 20 heavy (non-hydrogen) atoms. The molecule has 2 rings (SSSR count). The lowest BCUT2D eigenvalue weighted by Gasteiger charge is -2.11. The van der Waals surface area contributed by atoms with E-state index in [4.69, 9.17) is 11.6 Å². The van der Waals surface area contributed by atoms with Crippen LogP contribution in [-0.4, -0.2) is 11.5 Å². The van der Waals surface area contributed by atoms with Crippen molar-refractivity contribution in [3.05, 3.63) is 47.0 Å². The molecule has 0 amide bonds. The van der Waals surface area contributed by atoms with E-state index >= 15 is 0 Å². The summed E-state index contributed by atoms with van der Waals surface area (Å²) in [4.78, 5) is 3.91. The first-order valence-corrected chi connectivity index (χ1v) is 6.61. The fourth-order valence-corrected chi connectivity index (χ4v) is 1.79. The normalized spacial score (nSPS) is 10.4. The number of hydrogen-bond acceptors (Lipinski definition) is 3. The van der Waals surface area contributed by atoms with Gasteiger partial charge in [-0.1, -0.05) is 30.7 Å². The van der Waals surface area contributed by atoms with Crippen LogP contribution in [0.1, 0.15) is 13.3 Å². The number of para-hydroxylation sites is 1. The first kappa shape index (κ1) is 14.5. The third kappa shape index (κ3) is 3.36. The number of rotatable bonds is 5. The molecule has 0 atom stereocenters.